The molecule has 17 heavy (non-hydrogen) atoms. The summed E-state index contributed by atoms with van der Waals surface area (Å²) in [7, 11) is 0. The maximum Gasteiger partial charge on any atom is 0.0702 e. The van der Waals surface area contributed by atoms with E-state index in [9.17, 15) is 0 Å². The summed E-state index contributed by atoms with van der Waals surface area (Å²) < 4.78 is 5.73. The minimum atomic E-state index is 0.339. The third kappa shape index (κ3) is 5.19. The van der Waals surface area contributed by atoms with Gasteiger partial charge in [-0.2, -0.15) is 12.6 Å². The molecule has 0 aliphatic carbocycles. The first kappa shape index (κ1) is 15.3. The van der Waals surface area contributed by atoms with Crippen LogP contribution < -0.4 is 0 Å². The molecule has 1 heterocycles. The Kier molecular flexibility index (Phi) is 6.32. The molecule has 102 valence electrons. The highest BCUT2D eigenvalue weighted by Gasteiger charge is 2.26. The third-order valence-electron chi connectivity index (χ3n) is 3.86. The normalized spacial score (nSPS) is 23.3. The van der Waals surface area contributed by atoms with Crippen molar-refractivity contribution >= 4 is 12.6 Å². The summed E-state index contributed by atoms with van der Waals surface area (Å²) in [5, 5.41) is 0. The molecule has 0 bridgehead atoms. The van der Waals surface area contributed by atoms with Gasteiger partial charge >= 0.3 is 0 Å². The number of thiol groups is 1. The summed E-state index contributed by atoms with van der Waals surface area (Å²) >= 11 is 4.51. The van der Waals surface area contributed by atoms with Crippen LogP contribution in [0.15, 0.2) is 0 Å². The molecule has 1 fully saturated rings. The van der Waals surface area contributed by atoms with Crippen molar-refractivity contribution in [1.29, 1.82) is 0 Å². The second kappa shape index (κ2) is 7.01. The van der Waals surface area contributed by atoms with Crippen LogP contribution in [0.5, 0.6) is 0 Å². The fourth-order valence-electron chi connectivity index (χ4n) is 2.33. The molecule has 0 amide bonds. The summed E-state index contributed by atoms with van der Waals surface area (Å²) in [5.74, 6) is 1.61. The lowest BCUT2D eigenvalue weighted by molar-refractivity contribution is 0.0622. The number of hydrogen-bond donors (Lipinski definition) is 1. The fourth-order valence-corrected chi connectivity index (χ4v) is 2.99. The van der Waals surface area contributed by atoms with Gasteiger partial charge in [0.25, 0.3) is 0 Å². The van der Waals surface area contributed by atoms with Crippen LogP contribution in [0.2, 0.25) is 0 Å². The Morgan fingerprint density at radius 3 is 2.53 bits per heavy atom. The molecular formula is C14H29NOS. The Balaban J connectivity index is 2.43. The molecule has 1 rings (SSSR count). The molecule has 1 aliphatic heterocycles. The highest BCUT2D eigenvalue weighted by atomic mass is 32.1. The molecule has 1 aliphatic rings. The van der Waals surface area contributed by atoms with Gasteiger partial charge in [0.2, 0.25) is 0 Å². The van der Waals surface area contributed by atoms with E-state index in [4.69, 9.17) is 4.74 Å². The Morgan fingerprint density at radius 1 is 1.41 bits per heavy atom. The topological polar surface area (TPSA) is 12.5 Å². The second-order valence-electron chi connectivity index (χ2n) is 6.23. The highest BCUT2D eigenvalue weighted by molar-refractivity contribution is 7.80. The number of hydrogen-bond acceptors (Lipinski definition) is 3. The third-order valence-corrected chi connectivity index (χ3v) is 4.30. The molecule has 3 heteroatoms. The molecule has 0 saturated carbocycles. The molecule has 2 unspecified atom stereocenters. The van der Waals surface area contributed by atoms with Crippen LogP contribution in [0.1, 0.15) is 40.5 Å². The summed E-state index contributed by atoms with van der Waals surface area (Å²) in [6.45, 7) is 13.5. The van der Waals surface area contributed by atoms with E-state index in [0.29, 0.717) is 17.4 Å². The lowest BCUT2D eigenvalue weighted by atomic mass is 9.81. The van der Waals surface area contributed by atoms with Crippen molar-refractivity contribution in [1.82, 2.24) is 4.90 Å². The lowest BCUT2D eigenvalue weighted by Crippen LogP contribution is -2.40. The van der Waals surface area contributed by atoms with Gasteiger partial charge in [0, 0.05) is 19.7 Å². The first-order valence-corrected chi connectivity index (χ1v) is 7.55. The number of rotatable bonds is 6. The average molecular weight is 259 g/mol. The monoisotopic (exact) mass is 259 g/mol. The van der Waals surface area contributed by atoms with Crippen molar-refractivity contribution < 1.29 is 4.74 Å². The van der Waals surface area contributed by atoms with Gasteiger partial charge in [-0.05, 0) is 36.5 Å². The first-order valence-electron chi connectivity index (χ1n) is 6.92. The Hall–Kier alpha value is 0.270. The molecule has 2 nitrogen and oxygen atoms in total. The van der Waals surface area contributed by atoms with Gasteiger partial charge in [-0.15, -0.1) is 0 Å². The smallest absolute Gasteiger partial charge is 0.0702 e. The van der Waals surface area contributed by atoms with E-state index in [-0.39, 0.29) is 0 Å². The predicted octanol–water partition coefficient (Wildman–Crippen LogP) is 3.08. The van der Waals surface area contributed by atoms with Gasteiger partial charge in [-0.3, -0.25) is 0 Å². The van der Waals surface area contributed by atoms with Crippen molar-refractivity contribution in [3.63, 3.8) is 0 Å². The number of nitrogens with zero attached hydrogens (tertiary/aromatic N) is 1. The number of ether oxygens (including phenoxy) is 1. The summed E-state index contributed by atoms with van der Waals surface area (Å²) in [6, 6.07) is 0. The fraction of sp³-hybridized carbons (Fsp3) is 1.00. The van der Waals surface area contributed by atoms with Gasteiger partial charge in [0.1, 0.15) is 0 Å². The zero-order chi connectivity index (χ0) is 12.9. The van der Waals surface area contributed by atoms with E-state index in [0.717, 1.165) is 32.0 Å². The van der Waals surface area contributed by atoms with Crippen LogP contribution in [-0.4, -0.2) is 43.0 Å². The molecule has 2 atom stereocenters. The van der Waals surface area contributed by atoms with Crippen molar-refractivity contribution in [2.45, 2.75) is 46.6 Å². The van der Waals surface area contributed by atoms with Crippen molar-refractivity contribution in [3.8, 4) is 0 Å². The van der Waals surface area contributed by atoms with E-state index in [1.807, 2.05) is 0 Å². The molecule has 0 aromatic heterocycles. The van der Waals surface area contributed by atoms with Crippen LogP contribution in [0, 0.1) is 11.3 Å². The van der Waals surface area contributed by atoms with Gasteiger partial charge in [0.05, 0.1) is 6.10 Å². The molecular weight excluding hydrogens is 230 g/mol. The standard InChI is InChI=1S/C14H29NOS/c1-5-15(10-13-7-6-8-16-13)9-12(11-17)14(2,3)4/h12-13,17H,5-11H2,1-4H3. The Morgan fingerprint density at radius 2 is 2.12 bits per heavy atom. The van der Waals surface area contributed by atoms with E-state index in [2.05, 4.69) is 45.2 Å². The Bertz CT molecular complexity index is 209. The molecule has 0 spiro atoms. The molecule has 0 aromatic carbocycles. The van der Waals surface area contributed by atoms with Crippen LogP contribution >= 0.6 is 12.6 Å². The van der Waals surface area contributed by atoms with E-state index >= 15 is 0 Å². The van der Waals surface area contributed by atoms with Crippen molar-refractivity contribution in [3.05, 3.63) is 0 Å². The minimum Gasteiger partial charge on any atom is -0.377 e. The van der Waals surface area contributed by atoms with Gasteiger partial charge in [-0.25, -0.2) is 0 Å². The van der Waals surface area contributed by atoms with Gasteiger partial charge in [-0.1, -0.05) is 27.7 Å². The summed E-state index contributed by atoms with van der Waals surface area (Å²) in [4.78, 5) is 2.53. The largest absolute Gasteiger partial charge is 0.377 e. The SMILES string of the molecule is CCN(CC1CCCO1)CC(CS)C(C)(C)C. The van der Waals surface area contributed by atoms with Crippen LogP contribution in [0.3, 0.4) is 0 Å². The lowest BCUT2D eigenvalue weighted by Gasteiger charge is -2.35. The van der Waals surface area contributed by atoms with Crippen LogP contribution in [0.25, 0.3) is 0 Å². The average Bonchev–Trinajstić information content (AvgIpc) is 2.74. The van der Waals surface area contributed by atoms with Crippen molar-refractivity contribution in [2.24, 2.45) is 11.3 Å². The van der Waals surface area contributed by atoms with Crippen molar-refractivity contribution in [2.75, 3.05) is 32.0 Å². The van der Waals surface area contributed by atoms with E-state index in [1.165, 1.54) is 12.8 Å². The molecule has 0 radical (unpaired) electrons. The zero-order valence-corrected chi connectivity index (χ0v) is 12.8. The maximum absolute atomic E-state index is 5.73. The van der Waals surface area contributed by atoms with Gasteiger partial charge < -0.3 is 9.64 Å². The first-order chi connectivity index (χ1) is 7.97. The van der Waals surface area contributed by atoms with E-state index < -0.39 is 0 Å². The molecule has 0 aromatic rings. The van der Waals surface area contributed by atoms with Crippen LogP contribution in [0.4, 0.5) is 0 Å². The van der Waals surface area contributed by atoms with Crippen LogP contribution in [-0.2, 0) is 4.74 Å². The Labute approximate surface area is 113 Å². The quantitative estimate of drug-likeness (QED) is 0.736. The van der Waals surface area contributed by atoms with E-state index in [1.54, 1.807) is 0 Å². The summed E-state index contributed by atoms with van der Waals surface area (Å²) in [5.41, 5.74) is 0.339. The molecule has 0 N–H and O–H groups in total. The number of likely N-dealkylation sites (N-methyl/N-ethyl adjacent to an activating group) is 1. The predicted molar refractivity (Wildman–Crippen MR) is 77.9 cm³/mol. The molecule has 1 saturated heterocycles. The summed E-state index contributed by atoms with van der Waals surface area (Å²) in [6.07, 6.45) is 2.94. The van der Waals surface area contributed by atoms with Gasteiger partial charge in [0.15, 0.2) is 0 Å². The maximum atomic E-state index is 5.73. The minimum absolute atomic E-state index is 0.339. The highest BCUT2D eigenvalue weighted by Crippen LogP contribution is 2.28. The zero-order valence-electron chi connectivity index (χ0n) is 11.9. The second-order valence-corrected chi connectivity index (χ2v) is 6.60.